The molecule has 7 heteroatoms. The highest BCUT2D eigenvalue weighted by molar-refractivity contribution is 6.32. The number of aliphatic imine (C=N–C) groups is 1. The van der Waals surface area contributed by atoms with Crippen molar-refractivity contribution in [3.05, 3.63) is 99.5 Å². The molecule has 0 spiro atoms. The second-order valence-electron chi connectivity index (χ2n) is 7.12. The minimum absolute atomic E-state index is 0.0142. The van der Waals surface area contributed by atoms with E-state index in [-0.39, 0.29) is 34.8 Å². The number of esters is 1. The second kappa shape index (κ2) is 9.24. The highest BCUT2D eigenvalue weighted by Gasteiger charge is 2.24. The lowest BCUT2D eigenvalue weighted by atomic mass is 10.1. The van der Waals surface area contributed by atoms with Crippen LogP contribution in [0.4, 0.5) is 4.39 Å². The molecular weight excluding hydrogens is 433 g/mol. The Bertz CT molecular complexity index is 1240. The van der Waals surface area contributed by atoms with Gasteiger partial charge in [-0.2, -0.15) is 0 Å². The van der Waals surface area contributed by atoms with Gasteiger partial charge in [0, 0.05) is 11.1 Å². The molecule has 32 heavy (non-hydrogen) atoms. The van der Waals surface area contributed by atoms with Gasteiger partial charge in [0.15, 0.2) is 17.2 Å². The van der Waals surface area contributed by atoms with Crippen LogP contribution in [-0.4, -0.2) is 19.0 Å². The topological polar surface area (TPSA) is 57.1 Å². The first-order valence-electron chi connectivity index (χ1n) is 9.78. The van der Waals surface area contributed by atoms with Gasteiger partial charge in [0.1, 0.15) is 12.4 Å². The first-order chi connectivity index (χ1) is 15.4. The molecule has 0 aromatic heterocycles. The van der Waals surface area contributed by atoms with Gasteiger partial charge in [-0.1, -0.05) is 47.5 Å². The summed E-state index contributed by atoms with van der Waals surface area (Å²) in [4.78, 5) is 16.6. The maximum atomic E-state index is 13.9. The number of hydrogen-bond donors (Lipinski definition) is 0. The summed E-state index contributed by atoms with van der Waals surface area (Å²) < 4.78 is 30.3. The largest absolute Gasteiger partial charge is 0.493 e. The molecule has 0 radical (unpaired) electrons. The molecule has 0 saturated carbocycles. The number of nitrogens with zero attached hydrogens (tertiary/aromatic N) is 1. The predicted molar refractivity (Wildman–Crippen MR) is 121 cm³/mol. The van der Waals surface area contributed by atoms with Crippen molar-refractivity contribution in [3.8, 4) is 11.5 Å². The van der Waals surface area contributed by atoms with E-state index in [9.17, 15) is 9.18 Å². The summed E-state index contributed by atoms with van der Waals surface area (Å²) in [5.74, 6) is -0.0715. The van der Waals surface area contributed by atoms with E-state index in [0.29, 0.717) is 22.4 Å². The van der Waals surface area contributed by atoms with Crippen molar-refractivity contribution in [3.63, 3.8) is 0 Å². The summed E-state index contributed by atoms with van der Waals surface area (Å²) in [7, 11) is 1.47. The van der Waals surface area contributed by atoms with Crippen LogP contribution in [-0.2, 0) is 16.1 Å². The van der Waals surface area contributed by atoms with Crippen LogP contribution in [0.1, 0.15) is 22.3 Å². The average molecular weight is 452 g/mol. The van der Waals surface area contributed by atoms with Crippen LogP contribution in [0.5, 0.6) is 11.5 Å². The van der Waals surface area contributed by atoms with Gasteiger partial charge < -0.3 is 14.2 Å². The van der Waals surface area contributed by atoms with Gasteiger partial charge >= 0.3 is 5.97 Å². The molecule has 0 bridgehead atoms. The Morgan fingerprint density at radius 3 is 2.59 bits per heavy atom. The summed E-state index contributed by atoms with van der Waals surface area (Å²) >= 11 is 6.40. The van der Waals surface area contributed by atoms with Crippen LogP contribution < -0.4 is 9.47 Å². The van der Waals surface area contributed by atoms with Gasteiger partial charge in [-0.05, 0) is 48.9 Å². The van der Waals surface area contributed by atoms with Gasteiger partial charge in [-0.15, -0.1) is 0 Å². The Labute approximate surface area is 189 Å². The fourth-order valence-electron chi connectivity index (χ4n) is 3.12. The third-order valence-electron chi connectivity index (χ3n) is 4.80. The third-order valence-corrected chi connectivity index (χ3v) is 5.08. The zero-order valence-corrected chi connectivity index (χ0v) is 18.2. The molecule has 1 aliphatic rings. The molecule has 162 valence electrons. The van der Waals surface area contributed by atoms with Crippen molar-refractivity contribution in [1.29, 1.82) is 0 Å². The van der Waals surface area contributed by atoms with Gasteiger partial charge in [-0.25, -0.2) is 14.2 Å². The van der Waals surface area contributed by atoms with Crippen LogP contribution >= 0.6 is 11.6 Å². The Hall–Kier alpha value is -3.64. The molecule has 0 saturated heterocycles. The number of carbonyl (C=O) groups is 1. The smallest absolute Gasteiger partial charge is 0.363 e. The first-order valence-corrected chi connectivity index (χ1v) is 10.2. The van der Waals surface area contributed by atoms with Crippen molar-refractivity contribution in [2.45, 2.75) is 13.5 Å². The number of carbonyl (C=O) groups excluding carboxylic acids is 1. The quantitative estimate of drug-likeness (QED) is 0.355. The molecule has 3 aromatic carbocycles. The molecule has 0 amide bonds. The summed E-state index contributed by atoms with van der Waals surface area (Å²) in [6, 6.07) is 17.1. The van der Waals surface area contributed by atoms with E-state index in [1.54, 1.807) is 36.4 Å². The molecule has 0 aliphatic carbocycles. The van der Waals surface area contributed by atoms with Gasteiger partial charge in [0.25, 0.3) is 0 Å². The highest BCUT2D eigenvalue weighted by Crippen LogP contribution is 2.38. The Morgan fingerprint density at radius 2 is 1.88 bits per heavy atom. The lowest BCUT2D eigenvalue weighted by molar-refractivity contribution is -0.129. The molecule has 0 N–H and O–H groups in total. The van der Waals surface area contributed by atoms with Crippen LogP contribution in [0.15, 0.2) is 71.4 Å². The molecule has 5 nitrogen and oxygen atoms in total. The zero-order chi connectivity index (χ0) is 22.7. The molecule has 3 aromatic rings. The van der Waals surface area contributed by atoms with Gasteiger partial charge in [0.2, 0.25) is 5.90 Å². The number of cyclic esters (lactones) is 1. The maximum absolute atomic E-state index is 13.9. The number of halogens is 2. The van der Waals surface area contributed by atoms with Crippen LogP contribution in [0.2, 0.25) is 5.02 Å². The number of ether oxygens (including phenoxy) is 3. The molecule has 1 aliphatic heterocycles. The first kappa shape index (κ1) is 21.6. The highest BCUT2D eigenvalue weighted by atomic mass is 35.5. The lowest BCUT2D eigenvalue weighted by Crippen LogP contribution is -2.05. The second-order valence-corrected chi connectivity index (χ2v) is 7.52. The summed E-state index contributed by atoms with van der Waals surface area (Å²) in [5, 5.41) is 0.252. The Morgan fingerprint density at radius 1 is 1.12 bits per heavy atom. The Balaban J connectivity index is 1.59. The number of methoxy groups -OCH3 is 1. The number of hydrogen-bond acceptors (Lipinski definition) is 5. The van der Waals surface area contributed by atoms with Gasteiger partial charge in [0.05, 0.1) is 12.1 Å². The van der Waals surface area contributed by atoms with Crippen LogP contribution in [0.3, 0.4) is 0 Å². The van der Waals surface area contributed by atoms with E-state index >= 15 is 0 Å². The molecule has 0 atom stereocenters. The minimum atomic E-state index is -0.560. The van der Waals surface area contributed by atoms with Crippen molar-refractivity contribution >= 4 is 29.5 Å². The fourth-order valence-corrected chi connectivity index (χ4v) is 3.39. The molecule has 1 heterocycles. The molecule has 0 fully saturated rings. The van der Waals surface area contributed by atoms with E-state index in [4.69, 9.17) is 25.8 Å². The lowest BCUT2D eigenvalue weighted by Gasteiger charge is -2.13. The number of benzene rings is 3. The van der Waals surface area contributed by atoms with Crippen molar-refractivity contribution in [1.82, 2.24) is 0 Å². The van der Waals surface area contributed by atoms with E-state index in [2.05, 4.69) is 4.99 Å². The normalized spacial score (nSPS) is 14.3. The van der Waals surface area contributed by atoms with E-state index in [1.165, 1.54) is 13.2 Å². The molecule has 4 rings (SSSR count). The fraction of sp³-hybridized carbons (Fsp3) is 0.120. The minimum Gasteiger partial charge on any atom is -0.493 e. The molecule has 0 unspecified atom stereocenters. The standard InChI is InChI=1S/C25H19ClFNO4/c1-15-7-9-17(10-8-15)24-28-21(25(29)32-24)12-16-11-19(26)23(22(13-16)30-2)31-14-18-5-3-4-6-20(18)27/h3-13H,14H2,1-2H3/b21-12-. The Kier molecular flexibility index (Phi) is 6.23. The summed E-state index contributed by atoms with van der Waals surface area (Å²) in [6.07, 6.45) is 1.55. The number of aryl methyl sites for hydroxylation is 1. The average Bonchev–Trinajstić information content (AvgIpc) is 3.14. The van der Waals surface area contributed by atoms with Crippen molar-refractivity contribution < 1.29 is 23.4 Å². The monoisotopic (exact) mass is 451 g/mol. The zero-order valence-electron chi connectivity index (χ0n) is 17.4. The third kappa shape index (κ3) is 4.65. The van der Waals surface area contributed by atoms with E-state index in [0.717, 1.165) is 5.56 Å². The van der Waals surface area contributed by atoms with Crippen LogP contribution in [0, 0.1) is 12.7 Å². The maximum Gasteiger partial charge on any atom is 0.363 e. The summed E-state index contributed by atoms with van der Waals surface area (Å²) in [6.45, 7) is 1.96. The molecular formula is C25H19ClFNO4. The van der Waals surface area contributed by atoms with Gasteiger partial charge in [-0.3, -0.25) is 0 Å². The van der Waals surface area contributed by atoms with Crippen molar-refractivity contribution in [2.24, 2.45) is 4.99 Å². The SMILES string of the molecule is COc1cc(/C=C2\N=C(c3ccc(C)cc3)OC2=O)cc(Cl)c1OCc1ccccc1F. The van der Waals surface area contributed by atoms with Crippen LogP contribution in [0.25, 0.3) is 6.08 Å². The van der Waals surface area contributed by atoms with E-state index < -0.39 is 5.97 Å². The summed E-state index contributed by atoms with van der Waals surface area (Å²) in [5.41, 5.74) is 2.90. The predicted octanol–water partition coefficient (Wildman–Crippen LogP) is 5.72. The number of rotatable bonds is 6. The van der Waals surface area contributed by atoms with Crippen molar-refractivity contribution in [2.75, 3.05) is 7.11 Å². The van der Waals surface area contributed by atoms with E-state index in [1.807, 2.05) is 31.2 Å².